The second-order valence-electron chi connectivity index (χ2n) is 5.11. The summed E-state index contributed by atoms with van der Waals surface area (Å²) in [6.07, 6.45) is 0.0846. The Morgan fingerprint density at radius 1 is 1.29 bits per heavy atom. The predicted octanol–water partition coefficient (Wildman–Crippen LogP) is 3.57. The summed E-state index contributed by atoms with van der Waals surface area (Å²) in [6.45, 7) is 1.02. The summed E-state index contributed by atoms with van der Waals surface area (Å²) in [7, 11) is 1.30. The summed E-state index contributed by atoms with van der Waals surface area (Å²) >= 11 is 7.18. The fourth-order valence-corrected chi connectivity index (χ4v) is 3.43. The van der Waals surface area contributed by atoms with Crippen LogP contribution in [0.4, 0.5) is 20.4 Å². The SMILES string of the molecule is COC(=O)Nc1nc2c(s1)CN(C(=O)Nc1ccc(Cl)cc1)CC2. The number of methoxy groups -OCH3 is 1. The molecule has 2 heterocycles. The van der Waals surface area contributed by atoms with Gasteiger partial charge in [0.1, 0.15) is 0 Å². The molecule has 2 N–H and O–H groups in total. The van der Waals surface area contributed by atoms with Gasteiger partial charge < -0.3 is 15.0 Å². The van der Waals surface area contributed by atoms with Gasteiger partial charge in [-0.15, -0.1) is 0 Å². The molecule has 126 valence electrons. The highest BCUT2D eigenvalue weighted by molar-refractivity contribution is 7.15. The molecule has 0 saturated heterocycles. The van der Waals surface area contributed by atoms with Gasteiger partial charge in [-0.3, -0.25) is 5.32 Å². The van der Waals surface area contributed by atoms with Crippen LogP contribution in [-0.4, -0.2) is 35.7 Å². The van der Waals surface area contributed by atoms with Gasteiger partial charge in [0.25, 0.3) is 0 Å². The first-order valence-corrected chi connectivity index (χ1v) is 8.39. The van der Waals surface area contributed by atoms with Crippen molar-refractivity contribution >= 4 is 45.9 Å². The van der Waals surface area contributed by atoms with Gasteiger partial charge in [-0.2, -0.15) is 0 Å². The van der Waals surface area contributed by atoms with E-state index < -0.39 is 6.09 Å². The number of hydrogen-bond acceptors (Lipinski definition) is 5. The van der Waals surface area contributed by atoms with E-state index in [2.05, 4.69) is 20.4 Å². The van der Waals surface area contributed by atoms with Crippen LogP contribution in [0.15, 0.2) is 24.3 Å². The normalized spacial score (nSPS) is 13.2. The number of halogens is 1. The van der Waals surface area contributed by atoms with Crippen molar-refractivity contribution < 1.29 is 14.3 Å². The van der Waals surface area contributed by atoms with Gasteiger partial charge >= 0.3 is 12.1 Å². The molecule has 1 aromatic heterocycles. The molecule has 0 saturated carbocycles. The molecule has 0 unspecified atom stereocenters. The maximum atomic E-state index is 12.4. The number of thiazole rings is 1. The summed E-state index contributed by atoms with van der Waals surface area (Å²) in [5, 5.41) is 6.49. The molecule has 7 nitrogen and oxygen atoms in total. The molecule has 1 aliphatic rings. The van der Waals surface area contributed by atoms with Crippen molar-refractivity contribution in [2.24, 2.45) is 0 Å². The monoisotopic (exact) mass is 366 g/mol. The van der Waals surface area contributed by atoms with Crippen molar-refractivity contribution in [1.82, 2.24) is 9.88 Å². The molecule has 0 radical (unpaired) electrons. The number of anilines is 2. The van der Waals surface area contributed by atoms with E-state index in [4.69, 9.17) is 11.6 Å². The average Bonchev–Trinajstić information content (AvgIpc) is 2.97. The Hall–Kier alpha value is -2.32. The Morgan fingerprint density at radius 3 is 2.75 bits per heavy atom. The first-order valence-electron chi connectivity index (χ1n) is 7.20. The minimum atomic E-state index is -0.557. The van der Waals surface area contributed by atoms with E-state index in [-0.39, 0.29) is 6.03 Å². The van der Waals surface area contributed by atoms with Gasteiger partial charge in [-0.25, -0.2) is 14.6 Å². The van der Waals surface area contributed by atoms with E-state index in [1.54, 1.807) is 29.2 Å². The number of nitrogens with one attached hydrogen (secondary N) is 2. The Bertz CT molecular complexity index is 763. The minimum absolute atomic E-state index is 0.182. The van der Waals surface area contributed by atoms with Gasteiger partial charge in [0.05, 0.1) is 19.3 Å². The van der Waals surface area contributed by atoms with Crippen molar-refractivity contribution in [2.75, 3.05) is 24.3 Å². The Labute approximate surface area is 147 Å². The van der Waals surface area contributed by atoms with Crippen molar-refractivity contribution in [2.45, 2.75) is 13.0 Å². The summed E-state index contributed by atoms with van der Waals surface area (Å²) in [5.74, 6) is 0. The van der Waals surface area contributed by atoms with E-state index in [0.29, 0.717) is 35.4 Å². The smallest absolute Gasteiger partial charge is 0.413 e. The van der Waals surface area contributed by atoms with Crippen LogP contribution in [0, 0.1) is 0 Å². The summed E-state index contributed by atoms with van der Waals surface area (Å²) < 4.78 is 4.55. The highest BCUT2D eigenvalue weighted by Gasteiger charge is 2.24. The molecule has 3 amide bonds. The van der Waals surface area contributed by atoms with Crippen LogP contribution in [0.1, 0.15) is 10.6 Å². The second kappa shape index (κ2) is 7.06. The third kappa shape index (κ3) is 3.77. The van der Waals surface area contributed by atoms with Gasteiger partial charge in [-0.05, 0) is 24.3 Å². The number of hydrogen-bond donors (Lipinski definition) is 2. The third-order valence-corrected chi connectivity index (χ3v) is 4.76. The number of fused-ring (bicyclic) bond motifs is 1. The van der Waals surface area contributed by atoms with Crippen molar-refractivity contribution in [3.63, 3.8) is 0 Å². The van der Waals surface area contributed by atoms with E-state index in [1.807, 2.05) is 0 Å². The number of rotatable bonds is 2. The maximum Gasteiger partial charge on any atom is 0.413 e. The number of aromatic nitrogens is 1. The predicted molar refractivity (Wildman–Crippen MR) is 92.7 cm³/mol. The molecule has 9 heteroatoms. The van der Waals surface area contributed by atoms with E-state index in [0.717, 1.165) is 10.6 Å². The zero-order chi connectivity index (χ0) is 17.1. The van der Waals surface area contributed by atoms with Crippen LogP contribution < -0.4 is 10.6 Å². The largest absolute Gasteiger partial charge is 0.453 e. The fraction of sp³-hybridized carbons (Fsp3) is 0.267. The highest BCUT2D eigenvalue weighted by atomic mass is 35.5. The van der Waals surface area contributed by atoms with Gasteiger partial charge in [0, 0.05) is 28.6 Å². The molecule has 0 atom stereocenters. The highest BCUT2D eigenvalue weighted by Crippen LogP contribution is 2.28. The minimum Gasteiger partial charge on any atom is -0.453 e. The lowest BCUT2D eigenvalue weighted by atomic mass is 10.2. The number of nitrogens with zero attached hydrogens (tertiary/aromatic N) is 2. The van der Waals surface area contributed by atoms with Crippen LogP contribution in [0.3, 0.4) is 0 Å². The molecule has 3 rings (SSSR count). The molecule has 24 heavy (non-hydrogen) atoms. The van der Waals surface area contributed by atoms with Crippen LogP contribution in [0.5, 0.6) is 0 Å². The van der Waals surface area contributed by atoms with Gasteiger partial charge in [-0.1, -0.05) is 22.9 Å². The zero-order valence-corrected chi connectivity index (χ0v) is 14.4. The maximum absolute atomic E-state index is 12.4. The Morgan fingerprint density at radius 2 is 2.04 bits per heavy atom. The molecular weight excluding hydrogens is 352 g/mol. The number of carbonyl (C=O) groups excluding carboxylic acids is 2. The van der Waals surface area contributed by atoms with E-state index in [1.165, 1.54) is 18.4 Å². The molecule has 1 aromatic carbocycles. The van der Waals surface area contributed by atoms with Crippen LogP contribution in [0.2, 0.25) is 5.02 Å². The molecular formula is C15H15ClN4O3S. The molecule has 0 spiro atoms. The summed E-state index contributed by atoms with van der Waals surface area (Å²) in [6, 6.07) is 6.76. The lowest BCUT2D eigenvalue weighted by molar-refractivity contribution is 0.187. The first kappa shape index (κ1) is 16.5. The summed E-state index contributed by atoms with van der Waals surface area (Å²) in [5.41, 5.74) is 1.59. The van der Waals surface area contributed by atoms with Crippen molar-refractivity contribution in [1.29, 1.82) is 0 Å². The molecule has 0 fully saturated rings. The Kier molecular flexibility index (Phi) is 4.86. The number of ether oxygens (including phenoxy) is 1. The molecule has 1 aliphatic heterocycles. The fourth-order valence-electron chi connectivity index (χ4n) is 2.30. The van der Waals surface area contributed by atoms with E-state index in [9.17, 15) is 9.59 Å². The van der Waals surface area contributed by atoms with Gasteiger partial charge in [0.2, 0.25) is 0 Å². The van der Waals surface area contributed by atoms with Crippen LogP contribution in [-0.2, 0) is 17.7 Å². The second-order valence-corrected chi connectivity index (χ2v) is 6.63. The van der Waals surface area contributed by atoms with E-state index >= 15 is 0 Å². The van der Waals surface area contributed by atoms with Crippen LogP contribution >= 0.6 is 22.9 Å². The summed E-state index contributed by atoms with van der Waals surface area (Å²) in [4.78, 5) is 30.6. The number of urea groups is 1. The van der Waals surface area contributed by atoms with Crippen LogP contribution in [0.25, 0.3) is 0 Å². The molecule has 2 aromatic rings. The zero-order valence-electron chi connectivity index (χ0n) is 12.8. The van der Waals surface area contributed by atoms with Crippen molar-refractivity contribution in [3.8, 4) is 0 Å². The number of amides is 3. The quantitative estimate of drug-likeness (QED) is 0.851. The third-order valence-electron chi connectivity index (χ3n) is 3.51. The number of benzene rings is 1. The Balaban J connectivity index is 1.64. The first-order chi connectivity index (χ1) is 11.5. The average molecular weight is 367 g/mol. The van der Waals surface area contributed by atoms with Crippen molar-refractivity contribution in [3.05, 3.63) is 39.9 Å². The lowest BCUT2D eigenvalue weighted by Crippen LogP contribution is -2.38. The topological polar surface area (TPSA) is 83.6 Å². The molecule has 0 bridgehead atoms. The lowest BCUT2D eigenvalue weighted by Gasteiger charge is -2.26. The van der Waals surface area contributed by atoms with Gasteiger partial charge in [0.15, 0.2) is 5.13 Å². The number of carbonyl (C=O) groups is 2. The molecule has 0 aliphatic carbocycles. The standard InChI is InChI=1S/C15H15ClN4O3S/c1-23-15(22)19-13-18-11-6-7-20(8-12(11)24-13)14(21)17-10-4-2-9(16)3-5-10/h2-5H,6-8H2,1H3,(H,17,21)(H,18,19,22).